The molecule has 1 fully saturated rings. The first-order valence-corrected chi connectivity index (χ1v) is 10.3. The SMILES string of the molecule is [B]C1(c2ccnc(-c3ccc4c(c3)oc3c5ccccc5ccc43)c2)CCCC1. The van der Waals surface area contributed by atoms with Crippen LogP contribution in [-0.2, 0) is 5.31 Å². The van der Waals surface area contributed by atoms with Gasteiger partial charge in [-0.05, 0) is 46.6 Å². The molecule has 3 heteroatoms. The van der Waals surface area contributed by atoms with E-state index in [-0.39, 0.29) is 5.31 Å². The maximum absolute atomic E-state index is 6.68. The van der Waals surface area contributed by atoms with Gasteiger partial charge in [0.1, 0.15) is 11.2 Å². The van der Waals surface area contributed by atoms with Crippen LogP contribution >= 0.6 is 0 Å². The van der Waals surface area contributed by atoms with Gasteiger partial charge in [-0.2, -0.15) is 0 Å². The fourth-order valence-corrected chi connectivity index (χ4v) is 4.86. The molecule has 1 saturated carbocycles. The van der Waals surface area contributed by atoms with Gasteiger partial charge in [0.05, 0.1) is 13.5 Å². The summed E-state index contributed by atoms with van der Waals surface area (Å²) in [5.74, 6) is 0. The second-order valence-corrected chi connectivity index (χ2v) is 8.27. The lowest BCUT2D eigenvalue weighted by molar-refractivity contribution is 0.635. The molecule has 0 amide bonds. The maximum atomic E-state index is 6.68. The molecular formula is C26H20BNO. The third-order valence-corrected chi connectivity index (χ3v) is 6.49. The van der Waals surface area contributed by atoms with E-state index in [1.54, 1.807) is 0 Å². The van der Waals surface area contributed by atoms with E-state index in [0.29, 0.717) is 0 Å². The summed E-state index contributed by atoms with van der Waals surface area (Å²) in [6.07, 6.45) is 6.38. The van der Waals surface area contributed by atoms with Crippen LogP contribution in [0.15, 0.2) is 77.3 Å². The predicted molar refractivity (Wildman–Crippen MR) is 120 cm³/mol. The first-order chi connectivity index (χ1) is 14.2. The van der Waals surface area contributed by atoms with Gasteiger partial charge in [-0.1, -0.05) is 62.1 Å². The van der Waals surface area contributed by atoms with Gasteiger partial charge >= 0.3 is 0 Å². The Balaban J connectivity index is 1.51. The van der Waals surface area contributed by atoms with Gasteiger partial charge in [0.15, 0.2) is 0 Å². The molecule has 138 valence electrons. The molecule has 2 nitrogen and oxygen atoms in total. The van der Waals surface area contributed by atoms with E-state index < -0.39 is 0 Å². The second kappa shape index (κ2) is 6.22. The van der Waals surface area contributed by atoms with Crippen molar-refractivity contribution >= 4 is 40.6 Å². The number of hydrogen-bond donors (Lipinski definition) is 0. The zero-order valence-corrected chi connectivity index (χ0v) is 16.2. The molecule has 0 aliphatic heterocycles. The molecule has 1 aliphatic rings. The molecule has 1 aliphatic carbocycles. The van der Waals surface area contributed by atoms with E-state index in [1.165, 1.54) is 23.8 Å². The van der Waals surface area contributed by atoms with Crippen LogP contribution in [0.3, 0.4) is 0 Å². The number of fused-ring (bicyclic) bond motifs is 5. The fraction of sp³-hybridized carbons (Fsp3) is 0.192. The largest absolute Gasteiger partial charge is 0.455 e. The summed E-state index contributed by atoms with van der Waals surface area (Å²) < 4.78 is 6.33. The summed E-state index contributed by atoms with van der Waals surface area (Å²) in [7, 11) is 6.68. The highest BCUT2D eigenvalue weighted by Gasteiger charge is 2.30. The lowest BCUT2D eigenvalue weighted by Gasteiger charge is -2.25. The zero-order chi connectivity index (χ0) is 19.4. The van der Waals surface area contributed by atoms with Gasteiger partial charge in [-0.25, -0.2) is 0 Å². The Kier molecular flexibility index (Phi) is 3.61. The molecule has 0 bridgehead atoms. The van der Waals surface area contributed by atoms with Crippen molar-refractivity contribution < 1.29 is 4.42 Å². The van der Waals surface area contributed by atoms with E-state index in [1.807, 2.05) is 6.20 Å². The first kappa shape index (κ1) is 16.9. The minimum atomic E-state index is -0.208. The van der Waals surface area contributed by atoms with Crippen LogP contribution in [0, 0.1) is 0 Å². The molecule has 0 atom stereocenters. The van der Waals surface area contributed by atoms with Crippen molar-refractivity contribution in [3.05, 3.63) is 78.5 Å². The van der Waals surface area contributed by atoms with Crippen molar-refractivity contribution in [2.75, 3.05) is 0 Å². The van der Waals surface area contributed by atoms with E-state index in [2.05, 4.69) is 71.7 Å². The number of benzene rings is 3. The molecule has 29 heavy (non-hydrogen) atoms. The summed E-state index contributed by atoms with van der Waals surface area (Å²) in [6, 6.07) is 23.3. The Bertz CT molecular complexity index is 1380. The first-order valence-electron chi connectivity index (χ1n) is 10.3. The number of rotatable bonds is 2. The van der Waals surface area contributed by atoms with Crippen molar-refractivity contribution in [2.24, 2.45) is 0 Å². The molecular weight excluding hydrogens is 353 g/mol. The number of aromatic nitrogens is 1. The molecule has 6 rings (SSSR count). The van der Waals surface area contributed by atoms with Crippen molar-refractivity contribution in [3.63, 3.8) is 0 Å². The van der Waals surface area contributed by atoms with Crippen molar-refractivity contribution in [3.8, 4) is 11.3 Å². The van der Waals surface area contributed by atoms with Gasteiger partial charge in [-0.15, -0.1) is 0 Å². The summed E-state index contributed by atoms with van der Waals surface area (Å²) in [6.45, 7) is 0. The second-order valence-electron chi connectivity index (χ2n) is 8.27. The standard InChI is InChI=1S/C26H20BNO/c27-26(12-3-4-13-26)19-11-14-28-23(16-19)18-8-9-21-22-10-7-17-5-1-2-6-20(17)25(22)29-24(21)15-18/h1-2,5-11,14-16H,3-4,12-13H2. The number of furan rings is 1. The van der Waals surface area contributed by atoms with Crippen molar-refractivity contribution in [1.82, 2.24) is 4.98 Å². The molecule has 0 unspecified atom stereocenters. The molecule has 2 heterocycles. The highest BCUT2D eigenvalue weighted by molar-refractivity contribution is 6.16. The van der Waals surface area contributed by atoms with Crippen LogP contribution in [0.25, 0.3) is 44.0 Å². The number of pyridine rings is 1. The number of hydrogen-bond acceptors (Lipinski definition) is 2. The van der Waals surface area contributed by atoms with Crippen LogP contribution in [0.5, 0.6) is 0 Å². The third kappa shape index (κ3) is 2.61. The molecule has 2 radical (unpaired) electrons. The summed E-state index contributed by atoms with van der Waals surface area (Å²) in [5, 5.41) is 4.42. The van der Waals surface area contributed by atoms with Gasteiger partial charge in [0.25, 0.3) is 0 Å². The lowest BCUT2D eigenvalue weighted by Crippen LogP contribution is -2.21. The van der Waals surface area contributed by atoms with E-state index >= 15 is 0 Å². The summed E-state index contributed by atoms with van der Waals surface area (Å²) >= 11 is 0. The molecule has 2 aromatic heterocycles. The molecule has 5 aromatic rings. The number of nitrogens with zero attached hydrogens (tertiary/aromatic N) is 1. The van der Waals surface area contributed by atoms with Gasteiger partial charge in [0.2, 0.25) is 0 Å². The van der Waals surface area contributed by atoms with E-state index in [4.69, 9.17) is 12.3 Å². The Morgan fingerprint density at radius 1 is 0.828 bits per heavy atom. The molecule has 0 saturated heterocycles. The Labute approximate surface area is 171 Å². The minimum Gasteiger partial charge on any atom is -0.455 e. The zero-order valence-electron chi connectivity index (χ0n) is 16.2. The van der Waals surface area contributed by atoms with Crippen molar-refractivity contribution in [1.29, 1.82) is 0 Å². The normalized spacial score (nSPS) is 16.1. The van der Waals surface area contributed by atoms with Crippen LogP contribution < -0.4 is 0 Å². The van der Waals surface area contributed by atoms with Crippen molar-refractivity contribution in [2.45, 2.75) is 31.0 Å². The Morgan fingerprint density at radius 3 is 2.55 bits per heavy atom. The average Bonchev–Trinajstić information content (AvgIpc) is 3.38. The third-order valence-electron chi connectivity index (χ3n) is 6.49. The maximum Gasteiger partial charge on any atom is 0.143 e. The smallest absolute Gasteiger partial charge is 0.143 e. The molecule has 3 aromatic carbocycles. The highest BCUT2D eigenvalue weighted by atomic mass is 16.3. The Hall–Kier alpha value is -3.07. The van der Waals surface area contributed by atoms with Crippen LogP contribution in [0.4, 0.5) is 0 Å². The topological polar surface area (TPSA) is 26.0 Å². The van der Waals surface area contributed by atoms with Gasteiger partial charge in [-0.3, -0.25) is 4.98 Å². The summed E-state index contributed by atoms with van der Waals surface area (Å²) in [4.78, 5) is 4.63. The Morgan fingerprint density at radius 2 is 1.66 bits per heavy atom. The summed E-state index contributed by atoms with van der Waals surface area (Å²) in [5.41, 5.74) is 5.04. The highest BCUT2D eigenvalue weighted by Crippen LogP contribution is 2.40. The van der Waals surface area contributed by atoms with Crippen LogP contribution in [-0.4, -0.2) is 12.8 Å². The lowest BCUT2D eigenvalue weighted by atomic mass is 9.63. The quantitative estimate of drug-likeness (QED) is 0.320. The minimum absolute atomic E-state index is 0.208. The van der Waals surface area contributed by atoms with E-state index in [9.17, 15) is 0 Å². The van der Waals surface area contributed by atoms with Gasteiger partial charge in [0, 0.05) is 27.9 Å². The van der Waals surface area contributed by atoms with Crippen LogP contribution in [0.1, 0.15) is 31.2 Å². The van der Waals surface area contributed by atoms with E-state index in [0.717, 1.165) is 51.4 Å². The van der Waals surface area contributed by atoms with Gasteiger partial charge < -0.3 is 4.42 Å². The van der Waals surface area contributed by atoms with Crippen LogP contribution in [0.2, 0.25) is 0 Å². The monoisotopic (exact) mass is 373 g/mol. The predicted octanol–water partition coefficient (Wildman–Crippen LogP) is 6.74. The fourth-order valence-electron chi connectivity index (χ4n) is 4.86. The molecule has 0 spiro atoms. The molecule has 0 N–H and O–H groups in total. The average molecular weight is 373 g/mol.